The van der Waals surface area contributed by atoms with E-state index in [1.54, 1.807) is 44.2 Å². The zero-order valence-corrected chi connectivity index (χ0v) is 12.0. The van der Waals surface area contributed by atoms with E-state index < -0.39 is 0 Å². The van der Waals surface area contributed by atoms with Crippen LogP contribution in [0.25, 0.3) is 0 Å². The lowest BCUT2D eigenvalue weighted by Gasteiger charge is -2.17. The lowest BCUT2D eigenvalue weighted by atomic mass is 10.1. The molecule has 1 heterocycles. The van der Waals surface area contributed by atoms with E-state index in [0.29, 0.717) is 16.9 Å². The molecule has 1 fully saturated rings. The topological polar surface area (TPSA) is 78.7 Å². The Morgan fingerprint density at radius 2 is 2.15 bits per heavy atom. The molecule has 6 nitrogen and oxygen atoms in total. The predicted molar refractivity (Wildman–Crippen MR) is 78.5 cm³/mol. The number of amides is 2. The Bertz CT molecular complexity index is 542. The van der Waals surface area contributed by atoms with E-state index in [0.717, 1.165) is 13.0 Å². The van der Waals surface area contributed by atoms with Crippen molar-refractivity contribution in [2.75, 3.05) is 38.7 Å². The van der Waals surface area contributed by atoms with Crippen molar-refractivity contribution in [1.82, 2.24) is 9.80 Å². The molecule has 108 valence electrons. The van der Waals surface area contributed by atoms with E-state index in [-0.39, 0.29) is 17.9 Å². The van der Waals surface area contributed by atoms with Gasteiger partial charge >= 0.3 is 0 Å². The Labute approximate surface area is 118 Å². The number of nitrogens with one attached hydrogen (secondary N) is 1. The molecule has 1 aliphatic heterocycles. The summed E-state index contributed by atoms with van der Waals surface area (Å²) >= 11 is 0. The molecule has 1 aliphatic rings. The number of likely N-dealkylation sites (N-methyl/N-ethyl adjacent to an activating group) is 1. The van der Waals surface area contributed by atoms with Crippen LogP contribution < -0.4 is 11.1 Å². The third-order valence-corrected chi connectivity index (χ3v) is 3.46. The third-order valence-electron chi connectivity index (χ3n) is 3.46. The number of benzene rings is 1. The molecule has 0 radical (unpaired) electrons. The van der Waals surface area contributed by atoms with E-state index in [4.69, 9.17) is 5.73 Å². The van der Waals surface area contributed by atoms with Gasteiger partial charge in [0.2, 0.25) is 5.91 Å². The van der Waals surface area contributed by atoms with Gasteiger partial charge in [0.15, 0.2) is 0 Å². The average molecular weight is 276 g/mol. The number of anilines is 2. The van der Waals surface area contributed by atoms with Crippen LogP contribution in [0.2, 0.25) is 0 Å². The van der Waals surface area contributed by atoms with E-state index in [1.807, 2.05) is 0 Å². The summed E-state index contributed by atoms with van der Waals surface area (Å²) in [4.78, 5) is 27.0. The van der Waals surface area contributed by atoms with Crippen molar-refractivity contribution in [2.45, 2.75) is 12.5 Å². The first-order valence-electron chi connectivity index (χ1n) is 6.53. The van der Waals surface area contributed by atoms with Crippen LogP contribution in [0.3, 0.4) is 0 Å². The SMILES string of the molecule is CN(C)C(=O)c1ccc(N)c(NC2CCN(C)C2=O)c1. The van der Waals surface area contributed by atoms with Crippen molar-refractivity contribution >= 4 is 23.2 Å². The van der Waals surface area contributed by atoms with Crippen molar-refractivity contribution in [3.63, 3.8) is 0 Å². The normalized spacial score (nSPS) is 18.2. The van der Waals surface area contributed by atoms with Gasteiger partial charge in [-0.05, 0) is 24.6 Å². The third kappa shape index (κ3) is 2.68. The molecule has 3 N–H and O–H groups in total. The number of carbonyl (C=O) groups excluding carboxylic acids is 2. The average Bonchev–Trinajstić information content (AvgIpc) is 2.72. The minimum absolute atomic E-state index is 0.0498. The van der Waals surface area contributed by atoms with Gasteiger partial charge < -0.3 is 20.9 Å². The van der Waals surface area contributed by atoms with E-state index in [2.05, 4.69) is 5.32 Å². The number of hydrogen-bond acceptors (Lipinski definition) is 4. The Kier molecular flexibility index (Phi) is 3.83. The molecular formula is C14H20N4O2. The van der Waals surface area contributed by atoms with E-state index in [1.165, 1.54) is 4.90 Å². The maximum Gasteiger partial charge on any atom is 0.253 e. The Morgan fingerprint density at radius 3 is 2.70 bits per heavy atom. The fourth-order valence-electron chi connectivity index (χ4n) is 2.22. The number of nitrogens with zero attached hydrogens (tertiary/aromatic N) is 2. The quantitative estimate of drug-likeness (QED) is 0.793. The van der Waals surface area contributed by atoms with Crippen LogP contribution in [-0.2, 0) is 4.79 Å². The second-order valence-electron chi connectivity index (χ2n) is 5.25. The second-order valence-corrected chi connectivity index (χ2v) is 5.25. The summed E-state index contributed by atoms with van der Waals surface area (Å²) in [5.74, 6) is -0.0448. The molecule has 20 heavy (non-hydrogen) atoms. The maximum absolute atomic E-state index is 11.9. The van der Waals surface area contributed by atoms with Crippen molar-refractivity contribution in [1.29, 1.82) is 0 Å². The van der Waals surface area contributed by atoms with Crippen LogP contribution in [0.4, 0.5) is 11.4 Å². The van der Waals surface area contributed by atoms with Gasteiger partial charge in [-0.2, -0.15) is 0 Å². The predicted octanol–water partition coefficient (Wildman–Crippen LogP) is 0.613. The highest BCUT2D eigenvalue weighted by molar-refractivity contribution is 5.96. The van der Waals surface area contributed by atoms with Crippen molar-refractivity contribution in [3.8, 4) is 0 Å². The second kappa shape index (κ2) is 5.40. The van der Waals surface area contributed by atoms with Crippen LogP contribution in [0.5, 0.6) is 0 Å². The van der Waals surface area contributed by atoms with Gasteiger partial charge in [0.1, 0.15) is 6.04 Å². The van der Waals surface area contributed by atoms with Crippen molar-refractivity contribution < 1.29 is 9.59 Å². The first-order chi connectivity index (χ1) is 9.40. The number of hydrogen-bond donors (Lipinski definition) is 2. The first-order valence-corrected chi connectivity index (χ1v) is 6.53. The molecule has 1 unspecified atom stereocenters. The number of nitrogen functional groups attached to an aromatic ring is 1. The largest absolute Gasteiger partial charge is 0.397 e. The molecule has 0 aromatic heterocycles. The van der Waals surface area contributed by atoms with Gasteiger partial charge in [0.25, 0.3) is 5.91 Å². The van der Waals surface area contributed by atoms with Gasteiger partial charge in [0, 0.05) is 33.3 Å². The standard InChI is InChI=1S/C14H20N4O2/c1-17(2)13(19)9-4-5-10(15)12(8-9)16-11-6-7-18(3)14(11)20/h4-5,8,11,16H,6-7,15H2,1-3H3. The van der Waals surface area contributed by atoms with E-state index >= 15 is 0 Å². The summed E-state index contributed by atoms with van der Waals surface area (Å²) in [5, 5.41) is 3.14. The summed E-state index contributed by atoms with van der Waals surface area (Å²) in [6, 6.07) is 4.80. The van der Waals surface area contributed by atoms with Gasteiger partial charge in [-0.1, -0.05) is 0 Å². The zero-order chi connectivity index (χ0) is 14.9. The lowest BCUT2D eigenvalue weighted by Crippen LogP contribution is -2.31. The molecular weight excluding hydrogens is 256 g/mol. The Morgan fingerprint density at radius 1 is 1.45 bits per heavy atom. The van der Waals surface area contributed by atoms with Crippen LogP contribution in [0.15, 0.2) is 18.2 Å². The van der Waals surface area contributed by atoms with Crippen molar-refractivity contribution in [2.24, 2.45) is 0 Å². The molecule has 1 atom stereocenters. The Balaban J connectivity index is 2.21. The molecule has 1 aromatic carbocycles. The molecule has 6 heteroatoms. The highest BCUT2D eigenvalue weighted by atomic mass is 16.2. The fourth-order valence-corrected chi connectivity index (χ4v) is 2.22. The Hall–Kier alpha value is -2.24. The van der Waals surface area contributed by atoms with Crippen LogP contribution in [0, 0.1) is 0 Å². The lowest BCUT2D eigenvalue weighted by molar-refractivity contribution is -0.127. The highest BCUT2D eigenvalue weighted by Gasteiger charge is 2.29. The minimum atomic E-state index is -0.271. The van der Waals surface area contributed by atoms with Gasteiger partial charge in [-0.3, -0.25) is 9.59 Å². The molecule has 0 spiro atoms. The smallest absolute Gasteiger partial charge is 0.253 e. The van der Waals surface area contributed by atoms with Crippen LogP contribution >= 0.6 is 0 Å². The summed E-state index contributed by atoms with van der Waals surface area (Å²) in [6.07, 6.45) is 0.737. The van der Waals surface area contributed by atoms with Gasteiger partial charge in [-0.15, -0.1) is 0 Å². The molecule has 1 aromatic rings. The number of nitrogens with two attached hydrogens (primary N) is 1. The molecule has 0 bridgehead atoms. The molecule has 1 saturated heterocycles. The molecule has 2 amide bonds. The summed E-state index contributed by atoms with van der Waals surface area (Å²) in [5.41, 5.74) is 7.62. The van der Waals surface area contributed by atoms with E-state index in [9.17, 15) is 9.59 Å². The van der Waals surface area contributed by atoms with Gasteiger partial charge in [-0.25, -0.2) is 0 Å². The molecule has 0 saturated carbocycles. The zero-order valence-electron chi connectivity index (χ0n) is 12.0. The maximum atomic E-state index is 11.9. The van der Waals surface area contributed by atoms with Crippen molar-refractivity contribution in [3.05, 3.63) is 23.8 Å². The molecule has 2 rings (SSSR count). The summed E-state index contributed by atoms with van der Waals surface area (Å²) < 4.78 is 0. The van der Waals surface area contributed by atoms with Gasteiger partial charge in [0.05, 0.1) is 11.4 Å². The monoisotopic (exact) mass is 276 g/mol. The number of carbonyl (C=O) groups is 2. The number of rotatable bonds is 3. The molecule has 0 aliphatic carbocycles. The first kappa shape index (κ1) is 14.2. The van der Waals surface area contributed by atoms with Crippen LogP contribution in [0.1, 0.15) is 16.8 Å². The summed E-state index contributed by atoms with van der Waals surface area (Å²) in [6.45, 7) is 0.729. The summed E-state index contributed by atoms with van der Waals surface area (Å²) in [7, 11) is 5.17. The number of likely N-dealkylation sites (tertiary alicyclic amines) is 1. The minimum Gasteiger partial charge on any atom is -0.397 e. The highest BCUT2D eigenvalue weighted by Crippen LogP contribution is 2.24. The van der Waals surface area contributed by atoms with Crippen LogP contribution in [-0.4, -0.2) is 55.3 Å². The fraction of sp³-hybridized carbons (Fsp3) is 0.429.